The van der Waals surface area contributed by atoms with Crippen LogP contribution in [0.5, 0.6) is 0 Å². The van der Waals surface area contributed by atoms with E-state index in [2.05, 4.69) is 18.9 Å². The largest absolute Gasteiger partial charge is 0.328 e. The van der Waals surface area contributed by atoms with Crippen LogP contribution in [0.2, 0.25) is 0 Å². The molecule has 2 aliphatic rings. The molecule has 1 aliphatic heterocycles. The second-order valence-electron chi connectivity index (χ2n) is 4.76. The minimum absolute atomic E-state index is 0.378. The predicted molar refractivity (Wildman–Crippen MR) is 51.0 cm³/mol. The first-order valence-corrected chi connectivity index (χ1v) is 5.11. The maximum Gasteiger partial charge on any atom is 0.0208 e. The van der Waals surface area contributed by atoms with Gasteiger partial charge in [0, 0.05) is 18.1 Å². The van der Waals surface area contributed by atoms with Crippen LogP contribution in [-0.4, -0.2) is 30.1 Å². The van der Waals surface area contributed by atoms with Crippen LogP contribution in [0.15, 0.2) is 0 Å². The van der Waals surface area contributed by atoms with E-state index in [0.717, 1.165) is 5.92 Å². The van der Waals surface area contributed by atoms with E-state index in [-0.39, 0.29) is 0 Å². The monoisotopic (exact) mass is 168 g/mol. The van der Waals surface area contributed by atoms with Gasteiger partial charge in [-0.25, -0.2) is 0 Å². The lowest BCUT2D eigenvalue weighted by molar-refractivity contribution is 0.110. The Labute approximate surface area is 75.1 Å². The van der Waals surface area contributed by atoms with E-state index < -0.39 is 0 Å². The van der Waals surface area contributed by atoms with Crippen LogP contribution in [0.25, 0.3) is 0 Å². The fraction of sp³-hybridized carbons (Fsp3) is 1.00. The van der Waals surface area contributed by atoms with Gasteiger partial charge in [0.05, 0.1) is 0 Å². The minimum atomic E-state index is 0.378. The van der Waals surface area contributed by atoms with Gasteiger partial charge in [0.2, 0.25) is 0 Å². The molecule has 0 radical (unpaired) electrons. The summed E-state index contributed by atoms with van der Waals surface area (Å²) >= 11 is 0. The van der Waals surface area contributed by atoms with Crippen molar-refractivity contribution in [3.8, 4) is 0 Å². The second kappa shape index (κ2) is 2.71. The SMILES string of the molecule is CC(N)C1CCC2(CC2)N(C)C1. The van der Waals surface area contributed by atoms with Crippen molar-refractivity contribution in [1.29, 1.82) is 0 Å². The summed E-state index contributed by atoms with van der Waals surface area (Å²) in [6, 6.07) is 0.378. The molecule has 2 atom stereocenters. The minimum Gasteiger partial charge on any atom is -0.328 e. The third-order valence-electron chi connectivity index (χ3n) is 3.87. The van der Waals surface area contributed by atoms with Gasteiger partial charge in [-0.15, -0.1) is 0 Å². The Balaban J connectivity index is 1.94. The number of nitrogens with zero attached hydrogens (tertiary/aromatic N) is 1. The third kappa shape index (κ3) is 1.27. The standard InChI is InChI=1S/C10H20N2/c1-8(11)9-3-4-10(5-6-10)12(2)7-9/h8-9H,3-7,11H2,1-2H3. The maximum absolute atomic E-state index is 5.91. The summed E-state index contributed by atoms with van der Waals surface area (Å²) < 4.78 is 0. The molecular formula is C10H20N2. The van der Waals surface area contributed by atoms with Crippen molar-refractivity contribution in [2.45, 2.75) is 44.2 Å². The summed E-state index contributed by atoms with van der Waals surface area (Å²) in [5.41, 5.74) is 6.54. The molecule has 1 saturated heterocycles. The molecule has 2 nitrogen and oxygen atoms in total. The van der Waals surface area contributed by atoms with Crippen molar-refractivity contribution < 1.29 is 0 Å². The molecule has 2 unspecified atom stereocenters. The molecule has 2 N–H and O–H groups in total. The van der Waals surface area contributed by atoms with Crippen LogP contribution in [0.4, 0.5) is 0 Å². The molecule has 70 valence electrons. The highest BCUT2D eigenvalue weighted by molar-refractivity contribution is 5.06. The summed E-state index contributed by atoms with van der Waals surface area (Å²) in [5, 5.41) is 0. The third-order valence-corrected chi connectivity index (χ3v) is 3.87. The van der Waals surface area contributed by atoms with Crippen LogP contribution < -0.4 is 5.73 Å². The summed E-state index contributed by atoms with van der Waals surface area (Å²) in [7, 11) is 2.27. The van der Waals surface area contributed by atoms with Crippen molar-refractivity contribution in [3.05, 3.63) is 0 Å². The molecule has 0 aromatic carbocycles. The van der Waals surface area contributed by atoms with Gasteiger partial charge in [0.15, 0.2) is 0 Å². The van der Waals surface area contributed by atoms with E-state index in [1.165, 1.54) is 32.2 Å². The van der Waals surface area contributed by atoms with Gasteiger partial charge in [0.25, 0.3) is 0 Å². The van der Waals surface area contributed by atoms with Gasteiger partial charge in [-0.3, -0.25) is 0 Å². The molecular weight excluding hydrogens is 148 g/mol. The van der Waals surface area contributed by atoms with E-state index in [1.54, 1.807) is 0 Å². The molecule has 1 heterocycles. The quantitative estimate of drug-likeness (QED) is 0.637. The summed E-state index contributed by atoms with van der Waals surface area (Å²) in [5.74, 6) is 0.737. The van der Waals surface area contributed by atoms with Crippen molar-refractivity contribution in [1.82, 2.24) is 4.90 Å². The Morgan fingerprint density at radius 1 is 1.42 bits per heavy atom. The van der Waals surface area contributed by atoms with E-state index in [0.29, 0.717) is 11.6 Å². The Bertz CT molecular complexity index is 173. The van der Waals surface area contributed by atoms with Gasteiger partial charge in [-0.1, -0.05) is 0 Å². The fourth-order valence-corrected chi connectivity index (χ4v) is 2.49. The molecule has 0 aromatic heterocycles. The van der Waals surface area contributed by atoms with Crippen molar-refractivity contribution in [2.75, 3.05) is 13.6 Å². The Hall–Kier alpha value is -0.0800. The first kappa shape index (κ1) is 8.52. The van der Waals surface area contributed by atoms with Crippen molar-refractivity contribution in [3.63, 3.8) is 0 Å². The Kier molecular flexibility index (Phi) is 1.92. The number of likely N-dealkylation sites (tertiary alicyclic amines) is 1. The van der Waals surface area contributed by atoms with Gasteiger partial charge in [-0.2, -0.15) is 0 Å². The highest BCUT2D eigenvalue weighted by atomic mass is 15.2. The number of hydrogen-bond donors (Lipinski definition) is 1. The molecule has 1 aliphatic carbocycles. The van der Waals surface area contributed by atoms with Gasteiger partial charge in [-0.05, 0) is 45.6 Å². The highest BCUT2D eigenvalue weighted by Crippen LogP contribution is 2.48. The first-order chi connectivity index (χ1) is 5.64. The van der Waals surface area contributed by atoms with Crippen LogP contribution in [0.1, 0.15) is 32.6 Å². The van der Waals surface area contributed by atoms with E-state index in [1.807, 2.05) is 0 Å². The molecule has 1 spiro atoms. The smallest absolute Gasteiger partial charge is 0.0208 e. The number of piperidine rings is 1. The predicted octanol–water partition coefficient (Wildman–Crippen LogP) is 1.21. The normalized spacial score (nSPS) is 36.8. The first-order valence-electron chi connectivity index (χ1n) is 5.11. The Morgan fingerprint density at radius 2 is 2.08 bits per heavy atom. The van der Waals surface area contributed by atoms with E-state index in [4.69, 9.17) is 5.73 Å². The zero-order valence-electron chi connectivity index (χ0n) is 8.21. The number of nitrogens with two attached hydrogens (primary N) is 1. The molecule has 12 heavy (non-hydrogen) atoms. The molecule has 1 saturated carbocycles. The van der Waals surface area contributed by atoms with Crippen LogP contribution in [0.3, 0.4) is 0 Å². The van der Waals surface area contributed by atoms with E-state index >= 15 is 0 Å². The fourth-order valence-electron chi connectivity index (χ4n) is 2.49. The van der Waals surface area contributed by atoms with Crippen LogP contribution in [-0.2, 0) is 0 Å². The average Bonchev–Trinajstić information content (AvgIpc) is 2.76. The summed E-state index contributed by atoms with van der Waals surface area (Å²) in [6.45, 7) is 3.36. The number of hydrogen-bond acceptors (Lipinski definition) is 2. The van der Waals surface area contributed by atoms with Crippen LogP contribution >= 0.6 is 0 Å². The zero-order chi connectivity index (χ0) is 8.77. The lowest BCUT2D eigenvalue weighted by Crippen LogP contribution is -2.47. The Morgan fingerprint density at radius 3 is 2.50 bits per heavy atom. The lowest BCUT2D eigenvalue weighted by Gasteiger charge is -2.39. The zero-order valence-corrected chi connectivity index (χ0v) is 8.21. The molecule has 0 aromatic rings. The summed E-state index contributed by atoms with van der Waals surface area (Å²) in [6.07, 6.45) is 5.59. The average molecular weight is 168 g/mol. The molecule has 2 fully saturated rings. The van der Waals surface area contributed by atoms with Crippen molar-refractivity contribution in [2.24, 2.45) is 11.7 Å². The lowest BCUT2D eigenvalue weighted by atomic mass is 9.87. The van der Waals surface area contributed by atoms with Crippen LogP contribution in [0, 0.1) is 5.92 Å². The second-order valence-corrected chi connectivity index (χ2v) is 4.76. The highest BCUT2D eigenvalue weighted by Gasteiger charge is 2.49. The van der Waals surface area contributed by atoms with Crippen molar-refractivity contribution >= 4 is 0 Å². The van der Waals surface area contributed by atoms with Gasteiger partial charge >= 0.3 is 0 Å². The molecule has 0 amide bonds. The number of rotatable bonds is 1. The molecule has 0 bridgehead atoms. The molecule has 2 heteroatoms. The van der Waals surface area contributed by atoms with E-state index in [9.17, 15) is 0 Å². The molecule has 2 rings (SSSR count). The van der Waals surface area contributed by atoms with Gasteiger partial charge in [0.1, 0.15) is 0 Å². The topological polar surface area (TPSA) is 29.3 Å². The summed E-state index contributed by atoms with van der Waals surface area (Å²) in [4.78, 5) is 2.55. The van der Waals surface area contributed by atoms with Gasteiger partial charge < -0.3 is 10.6 Å². The maximum atomic E-state index is 5.91.